The number of anilines is 3. The molecule has 1 saturated heterocycles. The fraction of sp³-hybridized carbons (Fsp3) is 0.316. The molecule has 0 bridgehead atoms. The topological polar surface area (TPSA) is 81.5 Å². The fourth-order valence-electron chi connectivity index (χ4n) is 2.85. The lowest BCUT2D eigenvalue weighted by atomic mass is 10.2. The van der Waals surface area contributed by atoms with E-state index in [2.05, 4.69) is 38.3 Å². The van der Waals surface area contributed by atoms with E-state index in [0.717, 1.165) is 37.6 Å². The van der Waals surface area contributed by atoms with Crippen LogP contribution in [0, 0.1) is 11.3 Å². The van der Waals surface area contributed by atoms with Crippen molar-refractivity contribution in [3.05, 3.63) is 48.2 Å². The maximum absolute atomic E-state index is 11.3. The number of nitrogens with zero attached hydrogens (tertiary/aromatic N) is 4. The predicted molar refractivity (Wildman–Crippen MR) is 99.3 cm³/mol. The summed E-state index contributed by atoms with van der Waals surface area (Å²) in [7, 11) is 1.42. The lowest BCUT2D eigenvalue weighted by molar-refractivity contribution is -0.142. The highest BCUT2D eigenvalue weighted by atomic mass is 16.5. The Morgan fingerprint density at radius 3 is 2.50 bits per heavy atom. The molecule has 2 heterocycles. The second-order valence-corrected chi connectivity index (χ2v) is 6.06. The molecule has 7 nitrogen and oxygen atoms in total. The number of hydrogen-bond acceptors (Lipinski definition) is 7. The summed E-state index contributed by atoms with van der Waals surface area (Å²) < 4.78 is 4.72. The quantitative estimate of drug-likeness (QED) is 0.825. The summed E-state index contributed by atoms with van der Waals surface area (Å²) in [6.07, 6.45) is 1.55. The molecule has 26 heavy (non-hydrogen) atoms. The number of rotatable bonds is 5. The Labute approximate surface area is 152 Å². The number of ether oxygens (including phenoxy) is 1. The summed E-state index contributed by atoms with van der Waals surface area (Å²) in [4.78, 5) is 20.0. The number of carbonyl (C=O) groups is 1. The zero-order valence-corrected chi connectivity index (χ0v) is 14.7. The number of aromatic nitrogens is 1. The highest BCUT2D eigenvalue weighted by Gasteiger charge is 2.19. The van der Waals surface area contributed by atoms with E-state index in [0.29, 0.717) is 17.9 Å². The molecule has 0 saturated carbocycles. The molecule has 3 rings (SSSR count). The van der Waals surface area contributed by atoms with E-state index in [-0.39, 0.29) is 5.97 Å². The maximum atomic E-state index is 11.3. The third-order valence-corrected chi connectivity index (χ3v) is 4.35. The molecule has 1 aromatic heterocycles. The van der Waals surface area contributed by atoms with E-state index < -0.39 is 0 Å². The molecule has 0 aliphatic carbocycles. The first-order valence-electron chi connectivity index (χ1n) is 8.45. The van der Waals surface area contributed by atoms with Crippen molar-refractivity contribution in [3.63, 3.8) is 0 Å². The van der Waals surface area contributed by atoms with E-state index in [9.17, 15) is 4.79 Å². The molecule has 0 amide bonds. The molecule has 1 aromatic carbocycles. The molecule has 7 heteroatoms. The number of esters is 1. The van der Waals surface area contributed by atoms with Gasteiger partial charge in [-0.25, -0.2) is 4.98 Å². The Balaban J connectivity index is 1.54. The molecule has 1 fully saturated rings. The molecule has 0 atom stereocenters. The Bertz CT molecular complexity index is 775. The number of nitrogens with one attached hydrogen (secondary N) is 1. The third kappa shape index (κ3) is 4.49. The van der Waals surface area contributed by atoms with Gasteiger partial charge in [0.1, 0.15) is 11.9 Å². The van der Waals surface area contributed by atoms with Gasteiger partial charge in [0.15, 0.2) is 0 Å². The van der Waals surface area contributed by atoms with Crippen LogP contribution in [0.5, 0.6) is 0 Å². The summed E-state index contributed by atoms with van der Waals surface area (Å²) in [6, 6.07) is 13.7. The monoisotopic (exact) mass is 351 g/mol. The predicted octanol–water partition coefficient (Wildman–Crippen LogP) is 1.99. The molecular formula is C19H21N5O2. The average molecular weight is 351 g/mol. The fourth-order valence-corrected chi connectivity index (χ4v) is 2.85. The van der Waals surface area contributed by atoms with Crippen molar-refractivity contribution in [2.45, 2.75) is 0 Å². The summed E-state index contributed by atoms with van der Waals surface area (Å²) >= 11 is 0. The minimum Gasteiger partial charge on any atom is -0.468 e. The highest BCUT2D eigenvalue weighted by Crippen LogP contribution is 2.21. The molecule has 0 unspecified atom stereocenters. The minimum absolute atomic E-state index is 0.190. The summed E-state index contributed by atoms with van der Waals surface area (Å²) in [5, 5.41) is 12.0. The number of benzene rings is 1. The van der Waals surface area contributed by atoms with E-state index >= 15 is 0 Å². The number of piperazine rings is 1. The van der Waals surface area contributed by atoms with Crippen molar-refractivity contribution in [3.8, 4) is 6.07 Å². The summed E-state index contributed by atoms with van der Waals surface area (Å²) in [5.74, 6) is 0.512. The van der Waals surface area contributed by atoms with Crippen LogP contribution in [0.2, 0.25) is 0 Å². The zero-order valence-electron chi connectivity index (χ0n) is 14.7. The van der Waals surface area contributed by atoms with Crippen LogP contribution < -0.4 is 10.2 Å². The average Bonchev–Trinajstić information content (AvgIpc) is 2.70. The van der Waals surface area contributed by atoms with Gasteiger partial charge in [0.2, 0.25) is 0 Å². The van der Waals surface area contributed by atoms with Crippen LogP contribution in [-0.4, -0.2) is 55.7 Å². The van der Waals surface area contributed by atoms with E-state index in [1.165, 1.54) is 7.11 Å². The van der Waals surface area contributed by atoms with Gasteiger partial charge in [-0.15, -0.1) is 0 Å². The molecule has 2 aromatic rings. The van der Waals surface area contributed by atoms with Gasteiger partial charge < -0.3 is 15.0 Å². The summed E-state index contributed by atoms with van der Waals surface area (Å²) in [5.41, 5.74) is 2.63. The number of carbonyl (C=O) groups excluding carboxylic acids is 1. The molecule has 1 aliphatic heterocycles. The first-order chi connectivity index (χ1) is 12.7. The SMILES string of the molecule is COC(=O)CN1CCN(c2ccc(Nc3ccc(C#N)cn3)cc2)CC1. The van der Waals surface area contributed by atoms with Crippen LogP contribution in [0.4, 0.5) is 17.2 Å². The second kappa shape index (κ2) is 8.32. The van der Waals surface area contributed by atoms with E-state index in [1.807, 2.05) is 12.1 Å². The van der Waals surface area contributed by atoms with Gasteiger partial charge in [-0.3, -0.25) is 9.69 Å². The number of nitriles is 1. The van der Waals surface area contributed by atoms with Gasteiger partial charge in [0, 0.05) is 43.8 Å². The van der Waals surface area contributed by atoms with Crippen LogP contribution in [-0.2, 0) is 9.53 Å². The Morgan fingerprint density at radius 1 is 1.19 bits per heavy atom. The van der Waals surface area contributed by atoms with Crippen molar-refractivity contribution in [2.24, 2.45) is 0 Å². The maximum Gasteiger partial charge on any atom is 0.319 e. The summed E-state index contributed by atoms with van der Waals surface area (Å²) in [6.45, 7) is 3.78. The van der Waals surface area contributed by atoms with Crippen molar-refractivity contribution >= 4 is 23.2 Å². The molecule has 1 N–H and O–H groups in total. The molecule has 0 spiro atoms. The number of hydrogen-bond donors (Lipinski definition) is 1. The number of methoxy groups -OCH3 is 1. The first kappa shape index (κ1) is 17.7. The Kier molecular flexibility index (Phi) is 5.66. The highest BCUT2D eigenvalue weighted by molar-refractivity contribution is 5.71. The van der Waals surface area contributed by atoms with Gasteiger partial charge in [-0.05, 0) is 36.4 Å². The third-order valence-electron chi connectivity index (χ3n) is 4.35. The zero-order chi connectivity index (χ0) is 18.4. The second-order valence-electron chi connectivity index (χ2n) is 6.06. The van der Waals surface area contributed by atoms with Crippen LogP contribution in [0.3, 0.4) is 0 Å². The van der Waals surface area contributed by atoms with Gasteiger partial charge in [-0.1, -0.05) is 0 Å². The van der Waals surface area contributed by atoms with E-state index in [1.54, 1.807) is 18.3 Å². The lowest BCUT2D eigenvalue weighted by Crippen LogP contribution is -2.48. The molecule has 0 radical (unpaired) electrons. The van der Waals surface area contributed by atoms with Crippen LogP contribution in [0.15, 0.2) is 42.6 Å². The van der Waals surface area contributed by atoms with Crippen LogP contribution >= 0.6 is 0 Å². The largest absolute Gasteiger partial charge is 0.468 e. The normalized spacial score (nSPS) is 14.5. The van der Waals surface area contributed by atoms with Crippen LogP contribution in [0.1, 0.15) is 5.56 Å². The van der Waals surface area contributed by atoms with Crippen LogP contribution in [0.25, 0.3) is 0 Å². The molecule has 134 valence electrons. The van der Waals surface area contributed by atoms with Gasteiger partial charge in [-0.2, -0.15) is 5.26 Å². The smallest absolute Gasteiger partial charge is 0.319 e. The van der Waals surface area contributed by atoms with Gasteiger partial charge in [0.25, 0.3) is 0 Å². The van der Waals surface area contributed by atoms with Gasteiger partial charge >= 0.3 is 5.97 Å². The Morgan fingerprint density at radius 2 is 1.92 bits per heavy atom. The van der Waals surface area contributed by atoms with Crippen molar-refractivity contribution in [1.29, 1.82) is 5.26 Å². The first-order valence-corrected chi connectivity index (χ1v) is 8.45. The molecular weight excluding hydrogens is 330 g/mol. The standard InChI is InChI=1S/C19H21N5O2/c1-26-19(25)14-23-8-10-24(11-9-23)17-5-3-16(4-6-17)22-18-7-2-15(12-20)13-21-18/h2-7,13H,8-11,14H2,1H3,(H,21,22). The Hall–Kier alpha value is -3.11. The molecule has 1 aliphatic rings. The van der Waals surface area contributed by atoms with Crippen molar-refractivity contribution in [2.75, 3.05) is 50.1 Å². The van der Waals surface area contributed by atoms with Crippen molar-refractivity contribution in [1.82, 2.24) is 9.88 Å². The lowest BCUT2D eigenvalue weighted by Gasteiger charge is -2.35. The van der Waals surface area contributed by atoms with Gasteiger partial charge in [0.05, 0.1) is 19.2 Å². The minimum atomic E-state index is -0.190. The number of pyridine rings is 1. The van der Waals surface area contributed by atoms with E-state index in [4.69, 9.17) is 10.00 Å². The van der Waals surface area contributed by atoms with Crippen molar-refractivity contribution < 1.29 is 9.53 Å².